The molecule has 5 heterocycles. The summed E-state index contributed by atoms with van der Waals surface area (Å²) in [4.78, 5) is 116. The number of hydrogen-bond donors (Lipinski definition) is 7. The molecule has 0 aliphatic rings. The predicted octanol–water partition coefficient (Wildman–Crippen LogP) is 13.9. The smallest absolute Gasteiger partial charge is 0.477 e. The molecule has 83 heavy (non-hydrogen) atoms. The Balaban J connectivity index is 0.000000219. The molecule has 0 fully saturated rings. The molecule has 10 aromatic rings. The van der Waals surface area contributed by atoms with Crippen LogP contribution in [0.2, 0.25) is 0 Å². The van der Waals surface area contributed by atoms with Gasteiger partial charge in [0.15, 0.2) is 23.1 Å². The highest BCUT2D eigenvalue weighted by Gasteiger charge is 2.22. The van der Waals surface area contributed by atoms with E-state index in [0.29, 0.717) is 52.2 Å². The van der Waals surface area contributed by atoms with Crippen molar-refractivity contribution >= 4 is 149 Å². The Hall–Kier alpha value is -8.77. The fourth-order valence-corrected chi connectivity index (χ4v) is 8.06. The van der Waals surface area contributed by atoms with Crippen LogP contribution in [0, 0.1) is 0 Å². The number of Topliss-reactive ketones (excluding diaryl/α,β-unsaturated/α-hetero) is 4. The second-order valence-corrected chi connectivity index (χ2v) is 23.8. The monoisotopic (exact) mass is 1210 g/mol. The van der Waals surface area contributed by atoms with Crippen molar-refractivity contribution in [1.82, 2.24) is 24.9 Å². The van der Waals surface area contributed by atoms with Crippen LogP contribution in [0.25, 0.3) is 54.5 Å². The number of carboxylic acid groups (broad SMARTS) is 2. The molecule has 7 N–H and O–H groups in total. The SMILES string of the molecule is C.CC(=O)c1c(C(=O)O)[nH]c2ccccc12.CC(=O)c1ccc2[nH]c(C(=O)O)cc2c1.CCOC(=O)c1[nH]c2ccccc2c1C(C)=O.CCOC(=O)c1cc2cc(C(C)=O)ccc2[nH]1.CCOC(=O)c1cc2ccccc2[nH]1.[Cl][Al]([Cl])[Cl]. The minimum atomic E-state index is -1.72. The first kappa shape index (κ1) is 66.7. The Morgan fingerprint density at radius 1 is 0.410 bits per heavy atom. The lowest BCUT2D eigenvalue weighted by molar-refractivity contribution is 0.0510. The first-order chi connectivity index (χ1) is 39.0. The number of ether oxygens (including phenoxy) is 3. The number of aromatic nitrogens is 5. The standard InChI is InChI=1S/2C13H13NO3.2C11H9NO3.C11H11NO2.CH4.Al.3ClH/c1-3-17-13(16)12-7-10-6-9(8(2)15)4-5-11(10)14-12;1-3-17-13(16)12-11(8(2)15)9-6-4-5-7-10(9)14-12;1-6(13)7-2-3-9-8(4-7)5-10(12-9)11(14)15;1-6(13)9-7-4-2-3-5-8(7)12-10(9)11(14)15;1-2-14-11(13)10-7-8-5-3-4-6-9(8)12-10;;;;;/h2*4-7,14H,3H2,1-2H3;2*2-5,12H,1H3,(H,14,15);3-7,12H,2H2,1H3;1H4;;3*1H/q;;;;;;+3;;;/p-3. The average Bonchev–Trinajstić information content (AvgIpc) is 4.46. The van der Waals surface area contributed by atoms with Gasteiger partial charge in [0.05, 0.1) is 30.9 Å². The predicted molar refractivity (Wildman–Crippen MR) is 323 cm³/mol. The molecule has 5 aromatic carbocycles. The lowest BCUT2D eigenvalue weighted by Gasteiger charge is -2.01. The first-order valence-electron chi connectivity index (χ1n) is 25.0. The van der Waals surface area contributed by atoms with Gasteiger partial charge in [0.1, 0.15) is 28.5 Å². The summed E-state index contributed by atoms with van der Waals surface area (Å²) in [5.74, 6) is -3.71. The second-order valence-electron chi connectivity index (χ2n) is 17.3. The van der Waals surface area contributed by atoms with E-state index in [1.807, 2.05) is 48.5 Å². The van der Waals surface area contributed by atoms with Gasteiger partial charge in [0.25, 0.3) is 0 Å². The van der Waals surface area contributed by atoms with Gasteiger partial charge in [-0.15, -0.1) is 0 Å². The number of carboxylic acids is 2. The molecule has 0 saturated heterocycles. The number of rotatable bonds is 12. The number of halogens is 3. The Morgan fingerprint density at radius 2 is 0.759 bits per heavy atom. The van der Waals surface area contributed by atoms with Gasteiger partial charge in [0.2, 0.25) is 0 Å². The molecular formula is C60H59AlCl3N5O14. The number of ketones is 4. The molecule has 0 spiro atoms. The zero-order valence-corrected chi connectivity index (χ0v) is 48.7. The maximum atomic E-state index is 11.7. The van der Waals surface area contributed by atoms with Crippen molar-refractivity contribution in [3.8, 4) is 0 Å². The number of aromatic carboxylic acids is 2. The lowest BCUT2D eigenvalue weighted by Crippen LogP contribution is -2.09. The van der Waals surface area contributed by atoms with Gasteiger partial charge < -0.3 is 49.3 Å². The van der Waals surface area contributed by atoms with E-state index < -0.39 is 29.3 Å². The van der Waals surface area contributed by atoms with Crippen LogP contribution in [0.5, 0.6) is 0 Å². The number of benzene rings is 5. The van der Waals surface area contributed by atoms with Crippen molar-refractivity contribution in [1.29, 1.82) is 0 Å². The summed E-state index contributed by atoms with van der Waals surface area (Å²) in [7, 11) is 14.8. The third-order valence-electron chi connectivity index (χ3n) is 11.6. The highest BCUT2D eigenvalue weighted by atomic mass is 35.8. The minimum absolute atomic E-state index is 0. The van der Waals surface area contributed by atoms with Crippen LogP contribution < -0.4 is 0 Å². The van der Waals surface area contributed by atoms with Crippen molar-refractivity contribution in [2.24, 2.45) is 0 Å². The molecule has 0 radical (unpaired) electrons. The third-order valence-corrected chi connectivity index (χ3v) is 11.6. The number of para-hydroxylation sites is 3. The number of nitrogens with one attached hydrogen (secondary N) is 5. The van der Waals surface area contributed by atoms with Crippen molar-refractivity contribution in [2.75, 3.05) is 19.8 Å². The zero-order valence-electron chi connectivity index (χ0n) is 45.3. The van der Waals surface area contributed by atoms with Crippen molar-refractivity contribution in [3.63, 3.8) is 0 Å². The fraction of sp³-hybridized carbons (Fsp3) is 0.183. The van der Waals surface area contributed by atoms with Gasteiger partial charge >= 0.3 is 41.2 Å². The summed E-state index contributed by atoms with van der Waals surface area (Å²) in [6.45, 7) is 12.1. The van der Waals surface area contributed by atoms with E-state index in [1.165, 1.54) is 33.8 Å². The normalized spacial score (nSPS) is 10.1. The molecule has 19 nitrogen and oxygen atoms in total. The molecule has 10 rings (SSSR count). The van der Waals surface area contributed by atoms with Gasteiger partial charge in [-0.05, 0) is 121 Å². The van der Waals surface area contributed by atoms with Gasteiger partial charge in [-0.1, -0.05) is 62.0 Å². The van der Waals surface area contributed by atoms with E-state index in [4.69, 9.17) is 54.6 Å². The number of aromatic amines is 5. The highest BCUT2D eigenvalue weighted by Crippen LogP contribution is 2.25. The van der Waals surface area contributed by atoms with Crippen molar-refractivity contribution < 1.29 is 67.6 Å². The third kappa shape index (κ3) is 18.1. The number of fused-ring (bicyclic) bond motifs is 5. The summed E-state index contributed by atoms with van der Waals surface area (Å²) in [5, 5.41) is 21.7. The lowest BCUT2D eigenvalue weighted by atomic mass is 10.1. The summed E-state index contributed by atoms with van der Waals surface area (Å²) in [5.41, 5.74) is 7.03. The maximum absolute atomic E-state index is 11.7. The summed E-state index contributed by atoms with van der Waals surface area (Å²) >= 11 is -1.72. The molecule has 0 amide bonds. The summed E-state index contributed by atoms with van der Waals surface area (Å²) in [6.07, 6.45) is 0. The van der Waals surface area contributed by atoms with Crippen LogP contribution in [-0.4, -0.2) is 119 Å². The van der Waals surface area contributed by atoms with E-state index in [-0.39, 0.29) is 71.8 Å². The average molecular weight is 1210 g/mol. The molecule has 0 aliphatic heterocycles. The maximum Gasteiger partial charge on any atom is 0.643 e. The molecular weight excluding hydrogens is 1150 g/mol. The van der Waals surface area contributed by atoms with Crippen LogP contribution >= 0.6 is 30.1 Å². The zero-order chi connectivity index (χ0) is 60.4. The summed E-state index contributed by atoms with van der Waals surface area (Å²) in [6, 6.07) is 37.4. The highest BCUT2D eigenvalue weighted by molar-refractivity contribution is 7.54. The summed E-state index contributed by atoms with van der Waals surface area (Å²) < 4.78 is 14.7. The van der Waals surface area contributed by atoms with Crippen LogP contribution in [0.15, 0.2) is 127 Å². The Morgan fingerprint density at radius 3 is 1.16 bits per heavy atom. The van der Waals surface area contributed by atoms with E-state index in [0.717, 1.165) is 43.6 Å². The molecule has 23 heteroatoms. The van der Waals surface area contributed by atoms with E-state index >= 15 is 0 Å². The number of esters is 3. The number of carbonyl (C=O) groups excluding carboxylic acids is 7. The Kier molecular flexibility index (Phi) is 25.3. The van der Waals surface area contributed by atoms with Crippen LogP contribution in [0.4, 0.5) is 0 Å². The number of H-pyrrole nitrogens is 5. The minimum Gasteiger partial charge on any atom is -0.477 e. The Bertz CT molecular complexity index is 3940. The van der Waals surface area contributed by atoms with Gasteiger partial charge in [-0.3, -0.25) is 19.2 Å². The van der Waals surface area contributed by atoms with Gasteiger partial charge in [0, 0.05) is 65.6 Å². The quantitative estimate of drug-likeness (QED) is 0.0259. The van der Waals surface area contributed by atoms with Crippen LogP contribution in [-0.2, 0) is 14.2 Å². The van der Waals surface area contributed by atoms with Gasteiger partial charge in [-0.2, -0.15) is 0 Å². The van der Waals surface area contributed by atoms with E-state index in [9.17, 15) is 43.2 Å². The van der Waals surface area contributed by atoms with Crippen LogP contribution in [0.1, 0.15) is 150 Å². The molecule has 0 unspecified atom stereocenters. The van der Waals surface area contributed by atoms with Crippen LogP contribution in [0.3, 0.4) is 0 Å². The molecule has 0 bridgehead atoms. The molecule has 5 aromatic heterocycles. The molecule has 0 saturated carbocycles. The van der Waals surface area contributed by atoms with E-state index in [1.54, 1.807) is 93.6 Å². The molecule has 432 valence electrons. The largest absolute Gasteiger partial charge is 0.643 e. The van der Waals surface area contributed by atoms with Crippen molar-refractivity contribution in [3.05, 3.63) is 178 Å². The van der Waals surface area contributed by atoms with Gasteiger partial charge in [-0.25, -0.2) is 54.1 Å². The first-order valence-corrected chi connectivity index (χ1v) is 30.2. The number of carbonyl (C=O) groups is 9. The van der Waals surface area contributed by atoms with Crippen molar-refractivity contribution in [2.45, 2.75) is 55.9 Å². The molecule has 0 atom stereocenters. The second kappa shape index (κ2) is 31.4. The topological polar surface area (TPSA) is 301 Å². The number of hydrogen-bond acceptors (Lipinski definition) is 12. The molecule has 0 aliphatic carbocycles. The van der Waals surface area contributed by atoms with E-state index in [2.05, 4.69) is 24.9 Å². The Labute approximate surface area is 492 Å². The fourth-order valence-electron chi connectivity index (χ4n) is 8.06.